The zero-order valence-electron chi connectivity index (χ0n) is 15.6. The van der Waals surface area contributed by atoms with Gasteiger partial charge in [-0.05, 0) is 35.9 Å². The van der Waals surface area contributed by atoms with Crippen molar-refractivity contribution in [2.45, 2.75) is 26.7 Å². The van der Waals surface area contributed by atoms with E-state index in [1.165, 1.54) is 4.68 Å². The fraction of sp³-hybridized carbons (Fsp3) is 0.300. The van der Waals surface area contributed by atoms with Gasteiger partial charge in [0.15, 0.2) is 5.82 Å². The van der Waals surface area contributed by atoms with Crippen LogP contribution in [-0.2, 0) is 4.79 Å². The maximum Gasteiger partial charge on any atom is 0.272 e. The van der Waals surface area contributed by atoms with E-state index in [0.29, 0.717) is 30.4 Å². The Labute approximate surface area is 158 Å². The van der Waals surface area contributed by atoms with Gasteiger partial charge in [0.2, 0.25) is 0 Å². The van der Waals surface area contributed by atoms with E-state index in [1.807, 2.05) is 37.3 Å². The Morgan fingerprint density at radius 2 is 2.00 bits per heavy atom. The molecule has 3 rings (SSSR count). The average molecular weight is 365 g/mol. The summed E-state index contributed by atoms with van der Waals surface area (Å²) in [5.74, 6) is 0.944. The first-order valence-corrected chi connectivity index (χ1v) is 9.13. The minimum absolute atomic E-state index is 0.133. The normalized spacial score (nSPS) is 11.6. The van der Waals surface area contributed by atoms with E-state index in [0.717, 1.165) is 18.4 Å². The quantitative estimate of drug-likeness (QED) is 0.570. The fourth-order valence-electron chi connectivity index (χ4n) is 2.75. The van der Waals surface area contributed by atoms with Gasteiger partial charge in [0.05, 0.1) is 6.26 Å². The van der Waals surface area contributed by atoms with Gasteiger partial charge in [-0.3, -0.25) is 4.79 Å². The number of unbranched alkanes of at least 4 members (excludes halogenated alkanes) is 1. The van der Waals surface area contributed by atoms with Gasteiger partial charge in [-0.2, -0.15) is 4.68 Å². The Kier molecular flexibility index (Phi) is 6.14. The van der Waals surface area contributed by atoms with E-state index in [4.69, 9.17) is 4.42 Å². The lowest BCUT2D eigenvalue weighted by molar-refractivity contribution is -0.125. The highest BCUT2D eigenvalue weighted by molar-refractivity contribution is 6.18. The molecule has 0 bridgehead atoms. The topological polar surface area (TPSA) is 77.0 Å². The van der Waals surface area contributed by atoms with Gasteiger partial charge in [0.1, 0.15) is 11.5 Å². The molecule has 140 valence electrons. The highest BCUT2D eigenvalue weighted by atomic mass is 16.3. The molecule has 0 radical (unpaired) electrons. The predicted molar refractivity (Wildman–Crippen MR) is 103 cm³/mol. The Bertz CT molecular complexity index is 884. The number of benzene rings is 1. The third-order valence-electron chi connectivity index (χ3n) is 4.22. The molecule has 27 heavy (non-hydrogen) atoms. The maximum atomic E-state index is 13.3. The fourth-order valence-corrected chi connectivity index (χ4v) is 2.75. The monoisotopic (exact) mass is 365 g/mol. The molecule has 0 N–H and O–H groups in total. The van der Waals surface area contributed by atoms with E-state index < -0.39 is 0 Å². The van der Waals surface area contributed by atoms with Crippen LogP contribution in [0.2, 0.25) is 0 Å². The predicted octanol–water partition coefficient (Wildman–Crippen LogP) is 3.58. The smallest absolute Gasteiger partial charge is 0.272 e. The highest BCUT2D eigenvalue weighted by Crippen LogP contribution is 2.22. The Morgan fingerprint density at radius 3 is 2.67 bits per heavy atom. The van der Waals surface area contributed by atoms with Gasteiger partial charge < -0.3 is 9.32 Å². The Morgan fingerprint density at radius 1 is 1.19 bits per heavy atom. The number of carbonyl (C=O) groups excluding carboxylic acids is 1. The molecule has 1 aromatic carbocycles. The number of carbonyl (C=O) groups is 1. The van der Waals surface area contributed by atoms with Crippen LogP contribution in [0.4, 0.5) is 0 Å². The largest absolute Gasteiger partial charge is 0.465 e. The molecule has 3 aromatic rings. The van der Waals surface area contributed by atoms with Crippen molar-refractivity contribution in [3.63, 3.8) is 0 Å². The third kappa shape index (κ3) is 4.31. The molecule has 0 aliphatic rings. The van der Waals surface area contributed by atoms with Crippen LogP contribution in [0.5, 0.6) is 0 Å². The summed E-state index contributed by atoms with van der Waals surface area (Å²) >= 11 is 0. The molecule has 0 aliphatic heterocycles. The summed E-state index contributed by atoms with van der Waals surface area (Å²) < 4.78 is 6.90. The molecule has 7 heteroatoms. The molecule has 2 heterocycles. The molecule has 0 fully saturated rings. The highest BCUT2D eigenvalue weighted by Gasteiger charge is 2.23. The number of amides is 1. The van der Waals surface area contributed by atoms with Crippen LogP contribution >= 0.6 is 0 Å². The van der Waals surface area contributed by atoms with Crippen molar-refractivity contribution < 1.29 is 9.21 Å². The summed E-state index contributed by atoms with van der Waals surface area (Å²) in [5, 5.41) is 12.0. The van der Waals surface area contributed by atoms with E-state index >= 15 is 0 Å². The number of hydrogen-bond donors (Lipinski definition) is 0. The van der Waals surface area contributed by atoms with Crippen LogP contribution in [0.3, 0.4) is 0 Å². The number of tetrazole rings is 1. The van der Waals surface area contributed by atoms with Gasteiger partial charge >= 0.3 is 0 Å². The second kappa shape index (κ2) is 8.93. The first-order valence-electron chi connectivity index (χ1n) is 9.13. The van der Waals surface area contributed by atoms with E-state index in [1.54, 1.807) is 29.4 Å². The summed E-state index contributed by atoms with van der Waals surface area (Å²) in [6.45, 7) is 5.36. The number of nitrogens with zero attached hydrogens (tertiary/aromatic N) is 5. The van der Waals surface area contributed by atoms with Crippen molar-refractivity contribution in [1.82, 2.24) is 25.1 Å². The van der Waals surface area contributed by atoms with E-state index in [2.05, 4.69) is 22.4 Å². The van der Waals surface area contributed by atoms with Gasteiger partial charge in [-0.15, -0.1) is 5.10 Å². The minimum Gasteiger partial charge on any atom is -0.465 e. The number of aromatic nitrogens is 4. The van der Waals surface area contributed by atoms with Crippen molar-refractivity contribution in [3.8, 4) is 11.4 Å². The average Bonchev–Trinajstić information content (AvgIpc) is 3.39. The molecular weight excluding hydrogens is 342 g/mol. The first-order chi connectivity index (χ1) is 13.2. The Balaban J connectivity index is 2.05. The zero-order chi connectivity index (χ0) is 19.1. The second-order valence-electron chi connectivity index (χ2n) is 6.06. The van der Waals surface area contributed by atoms with Crippen LogP contribution in [0, 0.1) is 0 Å². The van der Waals surface area contributed by atoms with E-state index in [9.17, 15) is 4.79 Å². The Hall–Kier alpha value is -3.22. The van der Waals surface area contributed by atoms with Crippen molar-refractivity contribution in [2.75, 3.05) is 13.1 Å². The van der Waals surface area contributed by atoms with Crippen molar-refractivity contribution >= 4 is 17.7 Å². The molecule has 2 aromatic heterocycles. The maximum absolute atomic E-state index is 13.3. The molecule has 7 nitrogen and oxygen atoms in total. The molecule has 0 unspecified atom stereocenters. The number of rotatable bonds is 8. The van der Waals surface area contributed by atoms with Crippen LogP contribution in [-0.4, -0.2) is 44.1 Å². The first kappa shape index (κ1) is 18.6. The molecule has 0 aliphatic carbocycles. The van der Waals surface area contributed by atoms with E-state index in [-0.39, 0.29) is 5.91 Å². The van der Waals surface area contributed by atoms with Gasteiger partial charge in [0.25, 0.3) is 5.91 Å². The van der Waals surface area contributed by atoms with Gasteiger partial charge in [-0.25, -0.2) is 0 Å². The zero-order valence-corrected chi connectivity index (χ0v) is 15.6. The molecular formula is C20H23N5O2. The van der Waals surface area contributed by atoms with Crippen molar-refractivity contribution in [2.24, 2.45) is 0 Å². The lowest BCUT2D eigenvalue weighted by Gasteiger charge is -2.22. The van der Waals surface area contributed by atoms with Crippen LogP contribution in [0.1, 0.15) is 32.4 Å². The minimum atomic E-state index is -0.133. The van der Waals surface area contributed by atoms with Gasteiger partial charge in [-0.1, -0.05) is 43.7 Å². The van der Waals surface area contributed by atoms with Crippen LogP contribution in [0.25, 0.3) is 23.2 Å². The third-order valence-corrected chi connectivity index (χ3v) is 4.22. The molecule has 0 atom stereocenters. The lowest BCUT2D eigenvalue weighted by atomic mass is 10.2. The number of hydrogen-bond acceptors (Lipinski definition) is 5. The SMILES string of the molecule is CCCCN(CC)C(=O)/C(=C/c1ccco1)n1nnnc1-c1ccccc1. The van der Waals surface area contributed by atoms with Crippen molar-refractivity contribution in [3.05, 3.63) is 54.5 Å². The summed E-state index contributed by atoms with van der Waals surface area (Å²) in [7, 11) is 0. The standard InChI is InChI=1S/C20H23N5O2/c1-3-5-13-24(4-2)20(26)18(15-17-12-9-14-27-17)25-19(21-22-23-25)16-10-7-6-8-11-16/h6-12,14-15H,3-5,13H2,1-2H3/b18-15-. The molecule has 1 amide bonds. The summed E-state index contributed by atoms with van der Waals surface area (Å²) in [6.07, 6.45) is 5.20. The lowest BCUT2D eigenvalue weighted by Crippen LogP contribution is -2.34. The number of furan rings is 1. The number of likely N-dealkylation sites (N-methyl/N-ethyl adjacent to an activating group) is 1. The second-order valence-corrected chi connectivity index (χ2v) is 6.06. The molecule has 0 spiro atoms. The summed E-state index contributed by atoms with van der Waals surface area (Å²) in [4.78, 5) is 15.1. The summed E-state index contributed by atoms with van der Waals surface area (Å²) in [5.41, 5.74) is 1.18. The molecule has 0 saturated carbocycles. The van der Waals surface area contributed by atoms with Gasteiger partial charge in [0, 0.05) is 24.7 Å². The summed E-state index contributed by atoms with van der Waals surface area (Å²) in [6, 6.07) is 13.1. The van der Waals surface area contributed by atoms with Crippen LogP contribution < -0.4 is 0 Å². The van der Waals surface area contributed by atoms with Crippen molar-refractivity contribution in [1.29, 1.82) is 0 Å². The molecule has 0 saturated heterocycles. The van der Waals surface area contributed by atoms with Crippen LogP contribution in [0.15, 0.2) is 53.1 Å².